The minimum Gasteiger partial charge on any atom is -0.495 e. The molecule has 0 aliphatic carbocycles. The SMILES string of the molecule is COc1ccc(N)nc1.Nc1ccc(Br)cn1.PPP(P)P. The minimum absolute atomic E-state index is 0.226. The smallest absolute Gasteiger partial charge is 0.137 e. The number of aromatic nitrogens is 2. The van der Waals surface area contributed by atoms with Crippen molar-refractivity contribution in [3.05, 3.63) is 41.1 Å². The van der Waals surface area contributed by atoms with E-state index in [1.54, 1.807) is 37.7 Å². The summed E-state index contributed by atoms with van der Waals surface area (Å²) in [6.45, 7) is 0.226. The molecule has 2 heterocycles. The lowest BCUT2D eigenvalue weighted by Crippen LogP contribution is -1.89. The Morgan fingerprint density at radius 1 is 1.09 bits per heavy atom. The molecule has 11 heteroatoms. The fourth-order valence-corrected chi connectivity index (χ4v) is 1.13. The summed E-state index contributed by atoms with van der Waals surface area (Å²) >= 11 is 3.23. The van der Waals surface area contributed by atoms with Gasteiger partial charge in [0.15, 0.2) is 0 Å². The van der Waals surface area contributed by atoms with E-state index in [-0.39, 0.29) is 6.99 Å². The number of hydrogen-bond acceptors (Lipinski definition) is 5. The van der Waals surface area contributed by atoms with Crippen molar-refractivity contribution in [1.29, 1.82) is 0 Å². The highest BCUT2D eigenvalue weighted by Crippen LogP contribution is 2.71. The maximum Gasteiger partial charge on any atom is 0.137 e. The molecular formula is C11H20BrN4OP5. The van der Waals surface area contributed by atoms with Crippen LogP contribution in [0.3, 0.4) is 0 Å². The van der Waals surface area contributed by atoms with Gasteiger partial charge in [-0.05, 0) is 47.2 Å². The van der Waals surface area contributed by atoms with Crippen molar-refractivity contribution in [3.8, 4) is 5.75 Å². The van der Waals surface area contributed by atoms with Gasteiger partial charge in [0.2, 0.25) is 0 Å². The van der Waals surface area contributed by atoms with E-state index in [2.05, 4.69) is 52.7 Å². The van der Waals surface area contributed by atoms with Crippen molar-refractivity contribution >= 4 is 69.3 Å². The number of pyridine rings is 2. The Kier molecular flexibility index (Phi) is 13.9. The number of methoxy groups -OCH3 is 1. The van der Waals surface area contributed by atoms with Crippen molar-refractivity contribution in [2.24, 2.45) is 0 Å². The van der Waals surface area contributed by atoms with Crippen LogP contribution in [0, 0.1) is 0 Å². The number of halogens is 1. The van der Waals surface area contributed by atoms with Crippen LogP contribution >= 0.6 is 57.7 Å². The Labute approximate surface area is 149 Å². The number of anilines is 2. The van der Waals surface area contributed by atoms with Crippen LogP contribution in [-0.2, 0) is 0 Å². The Bertz CT molecular complexity index is 494. The van der Waals surface area contributed by atoms with E-state index in [9.17, 15) is 0 Å². The van der Waals surface area contributed by atoms with Crippen LogP contribution in [0.1, 0.15) is 0 Å². The van der Waals surface area contributed by atoms with Crippen LogP contribution in [0.4, 0.5) is 11.6 Å². The number of hydrogen-bond donors (Lipinski definition) is 2. The maximum atomic E-state index is 5.31. The third kappa shape index (κ3) is 12.8. The third-order valence-corrected chi connectivity index (χ3v) is 14.3. The molecule has 2 aromatic rings. The minimum atomic E-state index is 0.226. The van der Waals surface area contributed by atoms with Gasteiger partial charge in [-0.3, -0.25) is 0 Å². The molecule has 122 valence electrons. The van der Waals surface area contributed by atoms with Crippen LogP contribution in [0.25, 0.3) is 0 Å². The summed E-state index contributed by atoms with van der Waals surface area (Å²) in [6.07, 6.45) is 3.24. The van der Waals surface area contributed by atoms with Crippen LogP contribution < -0.4 is 16.2 Å². The van der Waals surface area contributed by atoms with Gasteiger partial charge in [0.1, 0.15) is 17.4 Å². The van der Waals surface area contributed by atoms with E-state index in [0.717, 1.165) is 18.2 Å². The Balaban J connectivity index is 0.000000315. The molecule has 2 rings (SSSR count). The molecule has 0 radical (unpaired) electrons. The zero-order valence-electron chi connectivity index (χ0n) is 12.0. The number of ether oxygens (including phenoxy) is 1. The molecule has 4 unspecified atom stereocenters. The maximum absolute atomic E-state index is 5.31. The van der Waals surface area contributed by atoms with Crippen molar-refractivity contribution in [1.82, 2.24) is 9.97 Å². The van der Waals surface area contributed by atoms with E-state index in [1.807, 2.05) is 6.07 Å². The van der Waals surface area contributed by atoms with Crippen molar-refractivity contribution < 1.29 is 4.74 Å². The molecule has 4 N–H and O–H groups in total. The van der Waals surface area contributed by atoms with Gasteiger partial charge in [-0.15, -0.1) is 26.8 Å². The fourth-order valence-electron chi connectivity index (χ4n) is 0.900. The summed E-state index contributed by atoms with van der Waals surface area (Å²) in [5, 5.41) is 0. The third-order valence-electron chi connectivity index (χ3n) is 1.89. The molecule has 0 bridgehead atoms. The summed E-state index contributed by atoms with van der Waals surface area (Å²) < 4.78 is 5.80. The summed E-state index contributed by atoms with van der Waals surface area (Å²) in [7, 11) is 10.8. The molecule has 4 atom stereocenters. The van der Waals surface area contributed by atoms with Crippen LogP contribution in [0.2, 0.25) is 0 Å². The molecule has 2 aromatic heterocycles. The fraction of sp³-hybridized carbons (Fsp3) is 0.0909. The Hall–Kier alpha value is 0.330. The normalized spacial score (nSPS) is 9.73. The zero-order valence-corrected chi connectivity index (χ0v) is 18.9. The molecule has 0 aromatic carbocycles. The first kappa shape index (κ1) is 22.3. The summed E-state index contributed by atoms with van der Waals surface area (Å²) in [6, 6.07) is 7.05. The monoisotopic (exact) mass is 458 g/mol. The molecule has 22 heavy (non-hydrogen) atoms. The van der Waals surface area contributed by atoms with Gasteiger partial charge in [0.05, 0.1) is 13.3 Å². The second kappa shape index (κ2) is 13.7. The van der Waals surface area contributed by atoms with Gasteiger partial charge < -0.3 is 16.2 Å². The van der Waals surface area contributed by atoms with Crippen molar-refractivity contribution in [3.63, 3.8) is 0 Å². The summed E-state index contributed by atoms with van der Waals surface area (Å²) in [5.41, 5.74) is 10.6. The van der Waals surface area contributed by atoms with E-state index < -0.39 is 0 Å². The van der Waals surface area contributed by atoms with E-state index in [4.69, 9.17) is 16.2 Å². The van der Waals surface area contributed by atoms with Gasteiger partial charge in [0, 0.05) is 10.7 Å². The quantitative estimate of drug-likeness (QED) is 0.645. The largest absolute Gasteiger partial charge is 0.495 e. The highest BCUT2D eigenvalue weighted by atomic mass is 79.9. The van der Waals surface area contributed by atoms with Crippen molar-refractivity contribution in [2.45, 2.75) is 0 Å². The second-order valence-electron chi connectivity index (χ2n) is 3.56. The molecule has 0 spiro atoms. The predicted octanol–water partition coefficient (Wildman–Crippen LogP) is 4.53. The first-order chi connectivity index (χ1) is 10.4. The first-order valence-corrected chi connectivity index (χ1v) is 14.8. The van der Waals surface area contributed by atoms with Crippen LogP contribution in [-0.4, -0.2) is 17.1 Å². The Morgan fingerprint density at radius 2 is 1.59 bits per heavy atom. The molecule has 5 nitrogen and oxygen atoms in total. The van der Waals surface area contributed by atoms with Crippen LogP contribution in [0.5, 0.6) is 5.75 Å². The van der Waals surface area contributed by atoms with Gasteiger partial charge in [-0.2, -0.15) is 0 Å². The van der Waals surface area contributed by atoms with Gasteiger partial charge in [-0.25, -0.2) is 9.97 Å². The van der Waals surface area contributed by atoms with E-state index >= 15 is 0 Å². The molecule has 0 aliphatic heterocycles. The second-order valence-corrected chi connectivity index (χ2v) is 18.4. The number of rotatable bonds is 2. The van der Waals surface area contributed by atoms with Crippen molar-refractivity contribution in [2.75, 3.05) is 18.6 Å². The van der Waals surface area contributed by atoms with E-state index in [0.29, 0.717) is 11.6 Å². The van der Waals surface area contributed by atoms with Gasteiger partial charge >= 0.3 is 0 Å². The number of nitrogens with zero attached hydrogens (tertiary/aromatic N) is 2. The summed E-state index contributed by atoms with van der Waals surface area (Å²) in [5.74, 6) is 1.79. The summed E-state index contributed by atoms with van der Waals surface area (Å²) in [4.78, 5) is 7.61. The van der Waals surface area contributed by atoms with Crippen LogP contribution in [0.15, 0.2) is 41.1 Å². The molecule has 0 fully saturated rings. The lowest BCUT2D eigenvalue weighted by atomic mass is 10.4. The molecule has 0 amide bonds. The molecule has 0 saturated carbocycles. The average Bonchev–Trinajstić information content (AvgIpc) is 2.52. The van der Waals surface area contributed by atoms with Gasteiger partial charge in [0.25, 0.3) is 0 Å². The number of nitrogen functional groups attached to an aromatic ring is 2. The van der Waals surface area contributed by atoms with E-state index in [1.165, 1.54) is 0 Å². The molecular weight excluding hydrogens is 439 g/mol. The average molecular weight is 459 g/mol. The topological polar surface area (TPSA) is 87.0 Å². The highest BCUT2D eigenvalue weighted by Gasteiger charge is 1.87. The standard InChI is InChI=1S/C6H8N2O.C5H5BrN2.H7P5/c1-9-5-2-3-6(7)8-4-5;6-4-1-2-5(7)8-3-4;1-4-5(2)3/h2-4H,1H3,(H2,7,8);1-3H,(H2,7,8);4H,1-3H2. The zero-order chi connectivity index (χ0) is 17.0. The Morgan fingerprint density at radius 3 is 1.86 bits per heavy atom. The predicted molar refractivity (Wildman–Crippen MR) is 116 cm³/mol. The first-order valence-electron chi connectivity index (χ1n) is 5.77. The molecule has 0 saturated heterocycles. The molecule has 0 aliphatic rings. The lowest BCUT2D eigenvalue weighted by Gasteiger charge is -1.96. The highest BCUT2D eigenvalue weighted by molar-refractivity contribution is 9.10. The van der Waals surface area contributed by atoms with Gasteiger partial charge in [-0.1, -0.05) is 7.96 Å². The number of nitrogens with two attached hydrogens (primary N) is 2. The lowest BCUT2D eigenvalue weighted by molar-refractivity contribution is 0.413.